The van der Waals surface area contributed by atoms with E-state index in [-0.39, 0.29) is 30.6 Å². The molecule has 0 unspecified atom stereocenters. The molecule has 0 radical (unpaired) electrons. The van der Waals surface area contributed by atoms with Crippen molar-refractivity contribution in [3.63, 3.8) is 0 Å². The van der Waals surface area contributed by atoms with Gasteiger partial charge < -0.3 is 59.6 Å². The minimum Gasteiger partial charge on any atom is -0.467 e. The summed E-state index contributed by atoms with van der Waals surface area (Å²) in [6.07, 6.45) is 15.6. The molecule has 0 spiro atoms. The first-order chi connectivity index (χ1) is 41.9. The van der Waals surface area contributed by atoms with Crippen LogP contribution in [-0.4, -0.2) is 224 Å². The Balaban J connectivity index is -0.00000105. The van der Waals surface area contributed by atoms with Crippen LogP contribution < -0.4 is 14.2 Å². The van der Waals surface area contributed by atoms with E-state index < -0.39 is 90.6 Å². The number of carbonyl (C=O) groups excluding carboxylic acids is 2. The third-order valence-electron chi connectivity index (χ3n) is 9.92. The number of esters is 2. The highest BCUT2D eigenvalue weighted by molar-refractivity contribution is 7.21. The number of aliphatic hydroxyl groups is 3. The van der Waals surface area contributed by atoms with Crippen LogP contribution in [0.1, 0.15) is 13.8 Å². The van der Waals surface area contributed by atoms with Crippen LogP contribution in [0.3, 0.4) is 0 Å². The van der Waals surface area contributed by atoms with Crippen LogP contribution in [-0.2, 0) is 39.6 Å². The number of nitrogens with zero attached hydrogens (tertiary/aromatic N) is 8. The van der Waals surface area contributed by atoms with Crippen LogP contribution in [0.2, 0.25) is 149 Å². The van der Waals surface area contributed by atoms with Gasteiger partial charge in [0.2, 0.25) is 46.9 Å². The molecule has 4 heterocycles. The summed E-state index contributed by atoms with van der Waals surface area (Å²) in [5, 5.41) is 27.4. The summed E-state index contributed by atoms with van der Waals surface area (Å²) in [5.41, 5.74) is 1.95. The van der Waals surface area contributed by atoms with Gasteiger partial charge in [-0.1, -0.05) is 13.1 Å². The fourth-order valence-corrected chi connectivity index (χ4v) is 42.6. The molecule has 4 aromatic heterocycles. The molecule has 0 bridgehead atoms. The van der Waals surface area contributed by atoms with E-state index in [4.69, 9.17) is 112 Å². The number of hydrogen-bond acceptors (Lipinski definition) is 23. The number of alkyl halides is 3. The maximum atomic E-state index is 10.8. The summed E-state index contributed by atoms with van der Waals surface area (Å²) < 4.78 is 56.9. The number of aliphatic hydroxyl groups excluding tert-OH is 3. The molecule has 0 fully saturated rings. The Kier molecular flexibility index (Phi) is 46.9. The van der Waals surface area contributed by atoms with Crippen LogP contribution in [0.5, 0.6) is 18.0 Å². The van der Waals surface area contributed by atoms with Crippen molar-refractivity contribution in [2.75, 3.05) is 66.4 Å². The summed E-state index contributed by atoms with van der Waals surface area (Å²) in [4.78, 5) is 53.0. The Hall–Kier alpha value is -1.82. The van der Waals surface area contributed by atoms with E-state index in [1.807, 2.05) is 78.6 Å². The van der Waals surface area contributed by atoms with E-state index in [0.717, 1.165) is 0 Å². The predicted octanol–water partition coefficient (Wildman–Crippen LogP) is 12.0. The Morgan fingerprint density at radius 1 is 0.348 bits per heavy atom. The number of rotatable bonds is 29. The maximum Gasteiger partial charge on any atom is 0.316 e. The first-order valence-electron chi connectivity index (χ1n) is 29.5. The van der Waals surface area contributed by atoms with Crippen molar-refractivity contribution in [1.29, 1.82) is 0 Å². The standard InChI is InChI=1S/C14H22N4O3Si2.C10H20N2O3Si2.C10H22O5Si2.C6H16Cl2OSi2.C6H18O3Si2.C4H3ClN2.C3H8Cl2Si/c1-22(2,11-19-13-15-7-5-8-16-13)21-23(3,4)12-20-14-17-9-6-10-18-14;1-16(2,8-13)15-17(3,4)9-14-10-11-6-5-7-12-10;1-9(11)13-7-16(3,4)15-17(5,6)8-14-10(2)12;2*1-10(2,5-7)9-11(3,4)6-8;5-4-6-2-1-3-7-4;1-6(2,5)3-4/h5-10H,11-12H2,1-4H3;5-7,13H,8-9H2,1-4H3;7-8H2,1-6H3;5-6H2,1-4H3;7-8H,5-6H2,1-4H3;1-3H;3H2,1-2H3. The molecule has 4 rings (SSSR count). The number of ether oxygens (including phenoxy) is 5. The largest absolute Gasteiger partial charge is 0.467 e. The normalized spacial score (nSPS) is 12.3. The summed E-state index contributed by atoms with van der Waals surface area (Å²) in [7, 11) is -20.4. The average Bonchev–Trinajstić information content (AvgIpc) is 0.970. The fourth-order valence-electron chi connectivity index (χ4n) is 6.67. The Morgan fingerprint density at radius 2 is 0.543 bits per heavy atom. The molecular weight excluding hydrogens is 1470 g/mol. The van der Waals surface area contributed by atoms with Crippen LogP contribution in [0.25, 0.3) is 0 Å². The maximum absolute atomic E-state index is 10.8. The second-order valence-corrected chi connectivity index (χ2v) is 79.0. The Morgan fingerprint density at radius 3 is 0.728 bits per heavy atom. The van der Waals surface area contributed by atoms with Gasteiger partial charge >= 0.3 is 30.0 Å². The lowest BCUT2D eigenvalue weighted by Gasteiger charge is -2.32. The van der Waals surface area contributed by atoms with Gasteiger partial charge in [0.15, 0.2) is 49.0 Å². The van der Waals surface area contributed by atoms with E-state index in [0.29, 0.717) is 71.0 Å². The van der Waals surface area contributed by atoms with Crippen molar-refractivity contribution in [3.8, 4) is 18.0 Å². The lowest BCUT2D eigenvalue weighted by Crippen LogP contribution is -2.51. The minimum atomic E-state index is -2.05. The van der Waals surface area contributed by atoms with Gasteiger partial charge in [-0.15, -0.1) is 34.8 Å². The number of carbonyl (C=O) groups is 2. The van der Waals surface area contributed by atoms with Crippen molar-refractivity contribution in [1.82, 2.24) is 39.9 Å². The molecular formula is C53H109Cl5N8O15Si11. The molecule has 0 aliphatic carbocycles. The smallest absolute Gasteiger partial charge is 0.316 e. The summed E-state index contributed by atoms with van der Waals surface area (Å²) in [5.74, 6) is -0.595. The molecule has 23 nitrogen and oxygen atoms in total. The highest BCUT2D eigenvalue weighted by Gasteiger charge is 2.38. The van der Waals surface area contributed by atoms with E-state index in [1.165, 1.54) is 13.8 Å². The predicted molar refractivity (Wildman–Crippen MR) is 400 cm³/mol. The molecule has 0 atom stereocenters. The van der Waals surface area contributed by atoms with Crippen LogP contribution in [0.15, 0.2) is 73.8 Å². The van der Waals surface area contributed by atoms with Gasteiger partial charge in [-0.3, -0.25) is 9.59 Å². The quantitative estimate of drug-likeness (QED) is 0.0150. The second-order valence-electron chi connectivity index (χ2n) is 27.2. The van der Waals surface area contributed by atoms with Crippen molar-refractivity contribution in [2.24, 2.45) is 0 Å². The molecule has 0 aliphatic rings. The van der Waals surface area contributed by atoms with Gasteiger partial charge in [-0.05, 0) is 167 Å². The summed E-state index contributed by atoms with van der Waals surface area (Å²) in [6.45, 7) is 47.7. The van der Waals surface area contributed by atoms with E-state index in [1.54, 1.807) is 73.8 Å². The van der Waals surface area contributed by atoms with Crippen LogP contribution in [0, 0.1) is 0 Å². The summed E-state index contributed by atoms with van der Waals surface area (Å²) >= 11 is 28.0. The zero-order valence-corrected chi connectivity index (χ0v) is 73.7. The fraction of sp³-hybridized carbons (Fsp3) is 0.660. The highest BCUT2D eigenvalue weighted by atomic mass is 35.6. The molecule has 0 aromatic carbocycles. The number of halogens is 5. The molecule has 92 heavy (non-hydrogen) atoms. The molecule has 0 saturated heterocycles. The monoisotopic (exact) mass is 1580 g/mol. The van der Waals surface area contributed by atoms with Crippen molar-refractivity contribution < 1.29 is 69.2 Å². The lowest BCUT2D eigenvalue weighted by atomic mass is 10.7. The minimum absolute atomic E-state index is 0.128. The van der Waals surface area contributed by atoms with Gasteiger partial charge in [-0.2, -0.15) is 11.1 Å². The SMILES string of the molecule is CC(=O)OC[Si](C)(C)O[Si](C)(C)COC(C)=O.C[Si](C)(CCl)O[Si](C)(C)CCl.C[Si](C)(CO)O[Si](C)(C)CO.C[Si](C)(CO)O[Si](C)(C)COc1ncccn1.C[Si](C)(COc1ncccn1)O[Si](C)(C)COc1ncccn1.C[Si](C)(Cl)CCl.Clc1ncccn1. The van der Waals surface area contributed by atoms with Gasteiger partial charge in [-0.25, -0.2) is 39.9 Å². The van der Waals surface area contributed by atoms with Gasteiger partial charge in [0.25, 0.3) is 0 Å². The molecule has 0 amide bonds. The third-order valence-corrected chi connectivity index (χ3v) is 47.3. The highest BCUT2D eigenvalue weighted by Crippen LogP contribution is 2.20. The van der Waals surface area contributed by atoms with Gasteiger partial charge in [0.1, 0.15) is 31.2 Å². The number of hydrogen-bond donors (Lipinski definition) is 3. The lowest BCUT2D eigenvalue weighted by molar-refractivity contribution is -0.140. The Bertz CT molecular complexity index is 2440. The molecule has 3 N–H and O–H groups in total. The van der Waals surface area contributed by atoms with E-state index in [9.17, 15) is 14.7 Å². The zero-order valence-electron chi connectivity index (χ0n) is 58.9. The molecule has 4 aromatic rings. The van der Waals surface area contributed by atoms with E-state index in [2.05, 4.69) is 105 Å². The zero-order chi connectivity index (χ0) is 72.0. The Labute approximate surface area is 585 Å². The van der Waals surface area contributed by atoms with E-state index >= 15 is 0 Å². The molecule has 0 saturated carbocycles. The molecule has 39 heteroatoms. The second kappa shape index (κ2) is 45.7. The van der Waals surface area contributed by atoms with Crippen molar-refractivity contribution in [2.45, 2.75) is 158 Å². The number of aromatic nitrogens is 8. The van der Waals surface area contributed by atoms with Gasteiger partial charge in [0, 0.05) is 79.9 Å². The van der Waals surface area contributed by atoms with Crippen LogP contribution in [0.4, 0.5) is 0 Å². The molecule has 0 aliphatic heterocycles. The average molecular weight is 1580 g/mol. The van der Waals surface area contributed by atoms with Gasteiger partial charge in [0.05, 0.1) is 18.7 Å². The summed E-state index contributed by atoms with van der Waals surface area (Å²) in [6, 6.07) is 8.10. The molecule has 530 valence electrons. The van der Waals surface area contributed by atoms with Crippen molar-refractivity contribution in [3.05, 3.63) is 79.1 Å². The first-order valence-corrected chi connectivity index (χ1v) is 66.8. The topological polar surface area (TPSA) is 290 Å². The van der Waals surface area contributed by atoms with Crippen LogP contribution >= 0.6 is 57.5 Å². The first kappa shape index (κ1) is 94.4. The third kappa shape index (κ3) is 57.3. The van der Waals surface area contributed by atoms with Crippen molar-refractivity contribution >= 4 is 160 Å².